The summed E-state index contributed by atoms with van der Waals surface area (Å²) in [6.45, 7) is 2.09. The molecule has 0 atom stereocenters. The number of benzene rings is 1. The summed E-state index contributed by atoms with van der Waals surface area (Å²) in [4.78, 5) is 21.9. The second-order valence-electron chi connectivity index (χ2n) is 3.49. The third-order valence-electron chi connectivity index (χ3n) is 2.16. The molecule has 2 amide bonds. The Kier molecular flexibility index (Phi) is 4.33. The number of aryl methyl sites for hydroxylation is 1. The van der Waals surface area contributed by atoms with Crippen LogP contribution in [0.25, 0.3) is 0 Å². The molecule has 0 fully saturated rings. The molecule has 0 heterocycles. The molecular formula is C11H15N3O3. The first-order chi connectivity index (χ1) is 8.00. The van der Waals surface area contributed by atoms with Gasteiger partial charge >= 0.3 is 6.09 Å². The molecule has 0 aliphatic heterocycles. The molecule has 0 saturated heterocycles. The summed E-state index contributed by atoms with van der Waals surface area (Å²) in [5, 5.41) is 2.59. The summed E-state index contributed by atoms with van der Waals surface area (Å²) in [5.41, 5.74) is 12.4. The van der Waals surface area contributed by atoms with Crippen LogP contribution < -0.4 is 16.8 Å². The van der Waals surface area contributed by atoms with Crippen molar-refractivity contribution < 1.29 is 14.3 Å². The van der Waals surface area contributed by atoms with Gasteiger partial charge in [0.25, 0.3) is 5.91 Å². The van der Waals surface area contributed by atoms with E-state index < -0.39 is 6.09 Å². The molecule has 1 aromatic rings. The number of anilines is 1. The van der Waals surface area contributed by atoms with Crippen molar-refractivity contribution in [3.05, 3.63) is 29.3 Å². The SMILES string of the molecule is Cc1cc(C(=O)NCCOC(N)=O)ccc1N. The number of primary amides is 1. The van der Waals surface area contributed by atoms with Gasteiger partial charge in [0.05, 0.1) is 6.54 Å². The number of nitrogens with one attached hydrogen (secondary N) is 1. The average molecular weight is 237 g/mol. The van der Waals surface area contributed by atoms with E-state index >= 15 is 0 Å². The predicted octanol–water partition coefficient (Wildman–Crippen LogP) is 0.402. The van der Waals surface area contributed by atoms with Crippen molar-refractivity contribution in [1.82, 2.24) is 5.32 Å². The molecule has 0 aliphatic carbocycles. The number of carbonyl (C=O) groups is 2. The van der Waals surface area contributed by atoms with Crippen LogP contribution in [0.1, 0.15) is 15.9 Å². The van der Waals surface area contributed by atoms with Gasteiger partial charge in [-0.2, -0.15) is 0 Å². The van der Waals surface area contributed by atoms with E-state index in [1.54, 1.807) is 18.2 Å². The molecule has 0 spiro atoms. The lowest BCUT2D eigenvalue weighted by molar-refractivity contribution is 0.0937. The minimum Gasteiger partial charge on any atom is -0.448 e. The van der Waals surface area contributed by atoms with Crippen LogP contribution in [0.15, 0.2) is 18.2 Å². The lowest BCUT2D eigenvalue weighted by Crippen LogP contribution is -2.29. The molecule has 0 aromatic heterocycles. The topological polar surface area (TPSA) is 107 Å². The fraction of sp³-hybridized carbons (Fsp3) is 0.273. The maximum absolute atomic E-state index is 11.6. The minimum absolute atomic E-state index is 0.0506. The van der Waals surface area contributed by atoms with Crippen LogP contribution in [0, 0.1) is 6.92 Å². The van der Waals surface area contributed by atoms with E-state index in [0.717, 1.165) is 5.56 Å². The van der Waals surface area contributed by atoms with Crippen molar-refractivity contribution in [2.24, 2.45) is 5.73 Å². The summed E-state index contributed by atoms with van der Waals surface area (Å²) < 4.78 is 4.48. The number of hydrogen-bond donors (Lipinski definition) is 3. The lowest BCUT2D eigenvalue weighted by Gasteiger charge is -2.07. The lowest BCUT2D eigenvalue weighted by atomic mass is 10.1. The van der Waals surface area contributed by atoms with Crippen molar-refractivity contribution in [3.8, 4) is 0 Å². The monoisotopic (exact) mass is 237 g/mol. The highest BCUT2D eigenvalue weighted by Crippen LogP contribution is 2.12. The molecule has 0 aliphatic rings. The second kappa shape index (κ2) is 5.74. The minimum atomic E-state index is -0.859. The molecule has 0 saturated carbocycles. The first-order valence-electron chi connectivity index (χ1n) is 5.07. The number of amides is 2. The van der Waals surface area contributed by atoms with Crippen LogP contribution in [0.4, 0.5) is 10.5 Å². The standard InChI is InChI=1S/C11H15N3O3/c1-7-6-8(2-3-9(7)12)10(15)14-4-5-17-11(13)16/h2-3,6H,4-5,12H2,1H3,(H2,13,16)(H,14,15). The van der Waals surface area contributed by atoms with Crippen LogP contribution in [0.5, 0.6) is 0 Å². The van der Waals surface area contributed by atoms with Crippen molar-refractivity contribution in [1.29, 1.82) is 0 Å². The van der Waals surface area contributed by atoms with E-state index in [2.05, 4.69) is 10.1 Å². The summed E-state index contributed by atoms with van der Waals surface area (Å²) in [7, 11) is 0. The van der Waals surface area contributed by atoms with Gasteiger partial charge in [-0.3, -0.25) is 4.79 Å². The molecular weight excluding hydrogens is 222 g/mol. The van der Waals surface area contributed by atoms with E-state index in [0.29, 0.717) is 11.3 Å². The number of nitrogens with two attached hydrogens (primary N) is 2. The molecule has 1 rings (SSSR count). The Morgan fingerprint density at radius 2 is 2.12 bits per heavy atom. The molecule has 17 heavy (non-hydrogen) atoms. The number of ether oxygens (including phenoxy) is 1. The van der Waals surface area contributed by atoms with Gasteiger partial charge in [0, 0.05) is 11.3 Å². The zero-order chi connectivity index (χ0) is 12.8. The fourth-order valence-electron chi connectivity index (χ4n) is 1.24. The number of rotatable bonds is 4. The van der Waals surface area contributed by atoms with Gasteiger partial charge < -0.3 is 21.5 Å². The molecule has 0 unspecified atom stereocenters. The summed E-state index contributed by atoms with van der Waals surface area (Å²) >= 11 is 0. The Balaban J connectivity index is 2.47. The largest absolute Gasteiger partial charge is 0.448 e. The molecule has 0 bridgehead atoms. The van der Waals surface area contributed by atoms with E-state index in [9.17, 15) is 9.59 Å². The van der Waals surface area contributed by atoms with Gasteiger partial charge in [0.15, 0.2) is 0 Å². The van der Waals surface area contributed by atoms with Crippen molar-refractivity contribution >= 4 is 17.7 Å². The molecule has 0 radical (unpaired) electrons. The first kappa shape index (κ1) is 12.8. The zero-order valence-corrected chi connectivity index (χ0v) is 9.53. The Labute approximate surface area is 98.9 Å². The Morgan fingerprint density at radius 3 is 2.71 bits per heavy atom. The smallest absolute Gasteiger partial charge is 0.404 e. The van der Waals surface area contributed by atoms with Gasteiger partial charge in [-0.25, -0.2) is 4.79 Å². The van der Waals surface area contributed by atoms with E-state index in [1.165, 1.54) is 0 Å². The van der Waals surface area contributed by atoms with Crippen molar-refractivity contribution in [2.75, 3.05) is 18.9 Å². The van der Waals surface area contributed by atoms with Crippen molar-refractivity contribution in [3.63, 3.8) is 0 Å². The zero-order valence-electron chi connectivity index (χ0n) is 9.53. The van der Waals surface area contributed by atoms with Crippen LogP contribution in [-0.4, -0.2) is 25.2 Å². The van der Waals surface area contributed by atoms with Crippen molar-refractivity contribution in [2.45, 2.75) is 6.92 Å². The first-order valence-corrected chi connectivity index (χ1v) is 5.07. The Morgan fingerprint density at radius 1 is 1.41 bits per heavy atom. The second-order valence-corrected chi connectivity index (χ2v) is 3.49. The average Bonchev–Trinajstić information content (AvgIpc) is 2.27. The van der Waals surface area contributed by atoms with Gasteiger partial charge in [-0.1, -0.05) is 0 Å². The van der Waals surface area contributed by atoms with Crippen LogP contribution in [-0.2, 0) is 4.74 Å². The van der Waals surface area contributed by atoms with Gasteiger partial charge in [-0.05, 0) is 30.7 Å². The van der Waals surface area contributed by atoms with Crippen LogP contribution >= 0.6 is 0 Å². The van der Waals surface area contributed by atoms with E-state index in [1.807, 2.05) is 6.92 Å². The molecule has 6 heteroatoms. The normalized spacial score (nSPS) is 9.71. The highest BCUT2D eigenvalue weighted by atomic mass is 16.5. The van der Waals surface area contributed by atoms with E-state index in [4.69, 9.17) is 11.5 Å². The quantitative estimate of drug-likeness (QED) is 0.520. The fourth-order valence-corrected chi connectivity index (χ4v) is 1.24. The summed E-state index contributed by atoms with van der Waals surface area (Å²) in [5.74, 6) is -0.249. The Hall–Kier alpha value is -2.24. The third-order valence-corrected chi connectivity index (χ3v) is 2.16. The molecule has 6 nitrogen and oxygen atoms in total. The number of carbonyl (C=O) groups excluding carboxylic acids is 2. The van der Waals surface area contributed by atoms with E-state index in [-0.39, 0.29) is 19.1 Å². The predicted molar refractivity (Wildman–Crippen MR) is 63.5 cm³/mol. The molecule has 92 valence electrons. The van der Waals surface area contributed by atoms with Gasteiger partial charge in [0.2, 0.25) is 0 Å². The maximum atomic E-state index is 11.6. The molecule has 5 N–H and O–H groups in total. The van der Waals surface area contributed by atoms with Gasteiger partial charge in [0.1, 0.15) is 6.61 Å². The summed E-state index contributed by atoms with van der Waals surface area (Å²) in [6.07, 6.45) is -0.859. The number of nitrogen functional groups attached to an aromatic ring is 1. The highest BCUT2D eigenvalue weighted by Gasteiger charge is 2.06. The Bertz CT molecular complexity index is 432. The van der Waals surface area contributed by atoms with Gasteiger partial charge in [-0.15, -0.1) is 0 Å². The molecule has 1 aromatic carbocycles. The summed E-state index contributed by atoms with van der Waals surface area (Å²) in [6, 6.07) is 5.00. The maximum Gasteiger partial charge on any atom is 0.404 e. The van der Waals surface area contributed by atoms with Crippen LogP contribution in [0.2, 0.25) is 0 Å². The highest BCUT2D eigenvalue weighted by molar-refractivity contribution is 5.94. The van der Waals surface area contributed by atoms with Crippen LogP contribution in [0.3, 0.4) is 0 Å². The number of hydrogen-bond acceptors (Lipinski definition) is 4. The third kappa shape index (κ3) is 4.02.